The number of carbonyl (C=O) groups excluding carboxylic acids is 3. The first-order chi connectivity index (χ1) is 11.6. The Kier molecular flexibility index (Phi) is 4.71. The molecule has 0 aliphatic carbocycles. The highest BCUT2D eigenvalue weighted by molar-refractivity contribution is 8.00. The van der Waals surface area contributed by atoms with Gasteiger partial charge in [0, 0.05) is 0 Å². The Bertz CT molecular complexity index is 821. The highest BCUT2D eigenvalue weighted by Gasteiger charge is 2.23. The molecule has 1 aliphatic heterocycles. The summed E-state index contributed by atoms with van der Waals surface area (Å²) < 4.78 is 4.80. The SMILES string of the molecule is COC(=O)c1cc2ccccc2cc1NC(=O)CN1CSCC1=O. The molecular weight excluding hydrogens is 328 g/mol. The van der Waals surface area contributed by atoms with Crippen molar-refractivity contribution in [1.29, 1.82) is 0 Å². The molecule has 0 saturated carbocycles. The number of nitrogens with zero attached hydrogens (tertiary/aromatic N) is 1. The molecule has 0 bridgehead atoms. The second-order valence-corrected chi connectivity index (χ2v) is 6.31. The van der Waals surface area contributed by atoms with E-state index in [-0.39, 0.29) is 23.9 Å². The number of esters is 1. The van der Waals surface area contributed by atoms with E-state index in [2.05, 4.69) is 5.32 Å². The largest absolute Gasteiger partial charge is 0.465 e. The molecule has 1 aliphatic rings. The Balaban J connectivity index is 1.87. The predicted octanol–water partition coefficient (Wildman–Crippen LogP) is 2.10. The molecule has 124 valence electrons. The summed E-state index contributed by atoms with van der Waals surface area (Å²) in [5, 5.41) is 4.50. The third-order valence-corrected chi connectivity index (χ3v) is 4.67. The van der Waals surface area contributed by atoms with Crippen molar-refractivity contribution < 1.29 is 19.1 Å². The maximum atomic E-state index is 12.2. The molecule has 0 radical (unpaired) electrons. The summed E-state index contributed by atoms with van der Waals surface area (Å²) in [7, 11) is 1.29. The van der Waals surface area contributed by atoms with Gasteiger partial charge in [-0.1, -0.05) is 24.3 Å². The lowest BCUT2D eigenvalue weighted by Gasteiger charge is -2.16. The van der Waals surface area contributed by atoms with Crippen LogP contribution in [0.2, 0.25) is 0 Å². The van der Waals surface area contributed by atoms with Crippen LogP contribution in [0.25, 0.3) is 10.8 Å². The molecular formula is C17H16N2O4S. The number of benzene rings is 2. The number of anilines is 1. The van der Waals surface area contributed by atoms with E-state index < -0.39 is 5.97 Å². The van der Waals surface area contributed by atoms with Crippen molar-refractivity contribution in [1.82, 2.24) is 4.90 Å². The second kappa shape index (κ2) is 6.92. The van der Waals surface area contributed by atoms with E-state index >= 15 is 0 Å². The quantitative estimate of drug-likeness (QED) is 0.860. The van der Waals surface area contributed by atoms with Crippen LogP contribution in [0.1, 0.15) is 10.4 Å². The van der Waals surface area contributed by atoms with Gasteiger partial charge >= 0.3 is 5.97 Å². The first-order valence-corrected chi connectivity index (χ1v) is 8.50. The van der Waals surface area contributed by atoms with Crippen LogP contribution in [0.4, 0.5) is 5.69 Å². The van der Waals surface area contributed by atoms with Gasteiger partial charge in [0.1, 0.15) is 6.54 Å². The molecule has 0 unspecified atom stereocenters. The Morgan fingerprint density at radius 3 is 2.58 bits per heavy atom. The number of fused-ring (bicyclic) bond motifs is 1. The summed E-state index contributed by atoms with van der Waals surface area (Å²) in [6, 6.07) is 11.0. The Hall–Kier alpha value is -2.54. The van der Waals surface area contributed by atoms with Gasteiger partial charge in [0.15, 0.2) is 0 Å². The van der Waals surface area contributed by atoms with E-state index in [0.717, 1.165) is 10.8 Å². The average molecular weight is 344 g/mol. The minimum Gasteiger partial charge on any atom is -0.465 e. The molecule has 3 rings (SSSR count). The smallest absolute Gasteiger partial charge is 0.339 e. The predicted molar refractivity (Wildman–Crippen MR) is 93.0 cm³/mol. The van der Waals surface area contributed by atoms with Crippen molar-refractivity contribution in [2.45, 2.75) is 0 Å². The van der Waals surface area contributed by atoms with E-state index in [9.17, 15) is 14.4 Å². The van der Waals surface area contributed by atoms with E-state index in [1.807, 2.05) is 24.3 Å². The van der Waals surface area contributed by atoms with Crippen molar-refractivity contribution in [3.63, 3.8) is 0 Å². The number of methoxy groups -OCH3 is 1. The number of rotatable bonds is 4. The van der Waals surface area contributed by atoms with Crippen LogP contribution in [0, 0.1) is 0 Å². The summed E-state index contributed by atoms with van der Waals surface area (Å²) in [6.45, 7) is -0.0285. The maximum absolute atomic E-state index is 12.2. The van der Waals surface area contributed by atoms with Crippen molar-refractivity contribution in [3.8, 4) is 0 Å². The van der Waals surface area contributed by atoms with Gasteiger partial charge in [0.25, 0.3) is 0 Å². The number of hydrogen-bond donors (Lipinski definition) is 1. The van der Waals surface area contributed by atoms with E-state index in [0.29, 0.717) is 17.3 Å². The third-order valence-electron chi connectivity index (χ3n) is 3.73. The fraction of sp³-hybridized carbons (Fsp3) is 0.235. The summed E-state index contributed by atoms with van der Waals surface area (Å²) >= 11 is 1.47. The zero-order valence-corrected chi connectivity index (χ0v) is 13.9. The first-order valence-electron chi connectivity index (χ1n) is 7.35. The van der Waals surface area contributed by atoms with Crippen molar-refractivity contribution in [3.05, 3.63) is 42.0 Å². The number of ether oxygens (including phenoxy) is 1. The van der Waals surface area contributed by atoms with Gasteiger partial charge in [0.05, 0.1) is 30.0 Å². The molecule has 2 amide bonds. The maximum Gasteiger partial charge on any atom is 0.339 e. The van der Waals surface area contributed by atoms with Crippen molar-refractivity contribution in [2.24, 2.45) is 0 Å². The van der Waals surface area contributed by atoms with Crippen LogP contribution in [0.3, 0.4) is 0 Å². The van der Waals surface area contributed by atoms with Gasteiger partial charge in [-0.05, 0) is 22.9 Å². The Morgan fingerprint density at radius 2 is 1.96 bits per heavy atom. The first kappa shape index (κ1) is 16.3. The highest BCUT2D eigenvalue weighted by Crippen LogP contribution is 2.25. The van der Waals surface area contributed by atoms with Crippen molar-refractivity contribution >= 4 is 46.0 Å². The second-order valence-electron chi connectivity index (χ2n) is 5.35. The topological polar surface area (TPSA) is 75.7 Å². The molecule has 7 heteroatoms. The molecule has 2 aromatic carbocycles. The van der Waals surface area contributed by atoms with Crippen LogP contribution in [-0.4, -0.2) is 48.0 Å². The molecule has 1 fully saturated rings. The molecule has 0 atom stereocenters. The zero-order chi connectivity index (χ0) is 17.1. The minimum atomic E-state index is -0.524. The highest BCUT2D eigenvalue weighted by atomic mass is 32.2. The standard InChI is InChI=1S/C17H16N2O4S/c1-23-17(22)13-6-11-4-2-3-5-12(11)7-14(13)18-15(20)8-19-10-24-9-16(19)21/h2-7H,8-10H2,1H3,(H,18,20). The molecule has 0 spiro atoms. The van der Waals surface area contributed by atoms with Crippen molar-refractivity contribution in [2.75, 3.05) is 30.6 Å². The lowest BCUT2D eigenvalue weighted by molar-refractivity contribution is -0.130. The van der Waals surface area contributed by atoms with Gasteiger partial charge in [0.2, 0.25) is 11.8 Å². The van der Waals surface area contributed by atoms with Gasteiger partial charge in [-0.15, -0.1) is 11.8 Å². The summed E-state index contributed by atoms with van der Waals surface area (Å²) in [5.41, 5.74) is 0.663. The van der Waals surface area contributed by atoms with E-state index in [1.165, 1.54) is 23.8 Å². The lowest BCUT2D eigenvalue weighted by Crippen LogP contribution is -2.34. The number of nitrogens with one attached hydrogen (secondary N) is 1. The van der Waals surface area contributed by atoms with Gasteiger partial charge < -0.3 is 15.0 Å². The van der Waals surface area contributed by atoms with Gasteiger partial charge in [-0.3, -0.25) is 9.59 Å². The van der Waals surface area contributed by atoms with Crippen LogP contribution in [0.5, 0.6) is 0 Å². The van der Waals surface area contributed by atoms with Crippen LogP contribution in [0.15, 0.2) is 36.4 Å². The van der Waals surface area contributed by atoms with E-state index in [4.69, 9.17) is 4.74 Å². The van der Waals surface area contributed by atoms with Gasteiger partial charge in [-0.2, -0.15) is 0 Å². The summed E-state index contributed by atoms with van der Waals surface area (Å²) in [6.07, 6.45) is 0. The fourth-order valence-corrected chi connectivity index (χ4v) is 3.43. The number of hydrogen-bond acceptors (Lipinski definition) is 5. The average Bonchev–Trinajstić information content (AvgIpc) is 2.98. The minimum absolute atomic E-state index is 0.0285. The molecule has 24 heavy (non-hydrogen) atoms. The Labute approximate surface area is 143 Å². The summed E-state index contributed by atoms with van der Waals surface area (Å²) in [5.74, 6) is -0.0122. The van der Waals surface area contributed by atoms with Gasteiger partial charge in [-0.25, -0.2) is 4.79 Å². The van der Waals surface area contributed by atoms with Crippen LogP contribution in [-0.2, 0) is 14.3 Å². The third kappa shape index (κ3) is 3.35. The monoisotopic (exact) mass is 344 g/mol. The number of amides is 2. The number of thioether (sulfide) groups is 1. The molecule has 0 aromatic heterocycles. The zero-order valence-electron chi connectivity index (χ0n) is 13.1. The molecule has 2 aromatic rings. The summed E-state index contributed by atoms with van der Waals surface area (Å²) in [4.78, 5) is 37.4. The fourth-order valence-electron chi connectivity index (χ4n) is 2.53. The molecule has 1 saturated heterocycles. The molecule has 6 nitrogen and oxygen atoms in total. The molecule has 1 N–H and O–H groups in total. The van der Waals surface area contributed by atoms with Crippen LogP contribution >= 0.6 is 11.8 Å². The molecule has 1 heterocycles. The lowest BCUT2D eigenvalue weighted by atomic mass is 10.0. The normalized spacial score (nSPS) is 14.0. The van der Waals surface area contributed by atoms with Crippen LogP contribution < -0.4 is 5.32 Å². The number of carbonyl (C=O) groups is 3. The Morgan fingerprint density at radius 1 is 1.25 bits per heavy atom. The van der Waals surface area contributed by atoms with E-state index in [1.54, 1.807) is 12.1 Å².